The number of hydrogen-bond donors (Lipinski definition) is 1. The Morgan fingerprint density at radius 1 is 1.47 bits per heavy atom. The van der Waals surface area contributed by atoms with Crippen LogP contribution in [0.4, 0.5) is 0 Å². The van der Waals surface area contributed by atoms with E-state index in [2.05, 4.69) is 21.4 Å². The average Bonchev–Trinajstić information content (AvgIpc) is 2.35. The summed E-state index contributed by atoms with van der Waals surface area (Å²) in [4.78, 5) is 2.66. The Kier molecular flexibility index (Phi) is 5.91. The fourth-order valence-electron chi connectivity index (χ4n) is 1.33. The molecule has 0 heterocycles. The van der Waals surface area contributed by atoms with Crippen molar-refractivity contribution in [2.75, 3.05) is 13.1 Å². The molecule has 0 fully saturated rings. The molecule has 0 saturated carbocycles. The Hall–Kier alpha value is -1.73. The Morgan fingerprint density at radius 3 is 2.76 bits per heavy atom. The first kappa shape index (κ1) is 13.3. The molecule has 0 bridgehead atoms. The number of nitrogens with zero attached hydrogens (tertiary/aromatic N) is 4. The van der Waals surface area contributed by atoms with Crippen LogP contribution < -0.4 is 5.32 Å². The molecule has 1 aromatic rings. The maximum atomic E-state index is 9.02. The molecule has 0 radical (unpaired) electrons. The van der Waals surface area contributed by atoms with Crippen LogP contribution in [0.1, 0.15) is 18.0 Å². The van der Waals surface area contributed by atoms with Gasteiger partial charge in [0.1, 0.15) is 6.04 Å². The van der Waals surface area contributed by atoms with Crippen LogP contribution in [0.2, 0.25) is 5.02 Å². The van der Waals surface area contributed by atoms with Crippen molar-refractivity contribution in [3.8, 4) is 6.07 Å². The minimum Gasteiger partial charge on any atom is -0.298 e. The smallest absolute Gasteiger partial charge is 0.121 e. The van der Waals surface area contributed by atoms with E-state index >= 15 is 0 Å². The predicted octanol–water partition coefficient (Wildman–Crippen LogP) is 3.19. The van der Waals surface area contributed by atoms with Gasteiger partial charge in [0.15, 0.2) is 0 Å². The van der Waals surface area contributed by atoms with Crippen molar-refractivity contribution in [1.29, 1.82) is 5.26 Å². The molecule has 0 amide bonds. The van der Waals surface area contributed by atoms with Crippen molar-refractivity contribution in [3.05, 3.63) is 45.3 Å². The lowest BCUT2D eigenvalue weighted by Gasteiger charge is -2.11. The van der Waals surface area contributed by atoms with Crippen LogP contribution in [0.3, 0.4) is 0 Å². The van der Waals surface area contributed by atoms with E-state index in [1.54, 1.807) is 12.1 Å². The topological polar surface area (TPSA) is 84.6 Å². The van der Waals surface area contributed by atoms with Gasteiger partial charge in [0.25, 0.3) is 0 Å². The first-order valence-electron chi connectivity index (χ1n) is 5.17. The van der Waals surface area contributed by atoms with Gasteiger partial charge in [-0.3, -0.25) is 5.32 Å². The molecule has 1 aromatic carbocycles. The number of nitrogens with one attached hydrogen (secondary N) is 1. The lowest BCUT2D eigenvalue weighted by Crippen LogP contribution is -2.21. The fraction of sp³-hybridized carbons (Fsp3) is 0.364. The SMILES string of the molecule is N#CC(NCCCN=[N+]=[N-])c1ccc(Cl)cc1. The zero-order chi connectivity index (χ0) is 12.5. The van der Waals surface area contributed by atoms with Crippen molar-refractivity contribution in [2.45, 2.75) is 12.5 Å². The van der Waals surface area contributed by atoms with Gasteiger partial charge in [0.05, 0.1) is 6.07 Å². The summed E-state index contributed by atoms with van der Waals surface area (Å²) in [6.45, 7) is 1.06. The van der Waals surface area contributed by atoms with Gasteiger partial charge in [0.2, 0.25) is 0 Å². The lowest BCUT2D eigenvalue weighted by atomic mass is 10.1. The largest absolute Gasteiger partial charge is 0.298 e. The van der Waals surface area contributed by atoms with Gasteiger partial charge >= 0.3 is 0 Å². The van der Waals surface area contributed by atoms with Crippen LogP contribution in [0, 0.1) is 11.3 Å². The monoisotopic (exact) mass is 249 g/mol. The molecule has 1 atom stereocenters. The third-order valence-corrected chi connectivity index (χ3v) is 2.43. The van der Waals surface area contributed by atoms with Crippen LogP contribution in [0.15, 0.2) is 29.4 Å². The van der Waals surface area contributed by atoms with Crippen LogP contribution in [0.5, 0.6) is 0 Å². The van der Waals surface area contributed by atoms with E-state index < -0.39 is 0 Å². The minimum absolute atomic E-state index is 0.363. The summed E-state index contributed by atoms with van der Waals surface area (Å²) in [7, 11) is 0. The molecule has 88 valence electrons. The Bertz CT molecular complexity index is 430. The second-order valence-corrected chi connectivity index (χ2v) is 3.81. The number of azide groups is 1. The van der Waals surface area contributed by atoms with Gasteiger partial charge in [-0.15, -0.1) is 0 Å². The molecule has 5 nitrogen and oxygen atoms in total. The van der Waals surface area contributed by atoms with Crippen molar-refractivity contribution in [1.82, 2.24) is 5.32 Å². The Labute approximate surface area is 105 Å². The zero-order valence-corrected chi connectivity index (χ0v) is 9.93. The van der Waals surface area contributed by atoms with E-state index in [9.17, 15) is 0 Å². The van der Waals surface area contributed by atoms with Gasteiger partial charge < -0.3 is 0 Å². The van der Waals surface area contributed by atoms with E-state index in [0.29, 0.717) is 24.5 Å². The van der Waals surface area contributed by atoms with Crippen molar-refractivity contribution in [3.63, 3.8) is 0 Å². The Balaban J connectivity index is 2.46. The van der Waals surface area contributed by atoms with Crippen molar-refractivity contribution < 1.29 is 0 Å². The third kappa shape index (κ3) is 4.75. The van der Waals surface area contributed by atoms with Gasteiger partial charge in [-0.2, -0.15) is 5.26 Å². The molecule has 1 N–H and O–H groups in total. The average molecular weight is 250 g/mol. The molecule has 1 unspecified atom stereocenters. The Morgan fingerprint density at radius 2 is 2.18 bits per heavy atom. The maximum absolute atomic E-state index is 9.02. The van der Waals surface area contributed by atoms with Gasteiger partial charge in [-0.1, -0.05) is 28.8 Å². The first-order chi connectivity index (χ1) is 8.27. The maximum Gasteiger partial charge on any atom is 0.121 e. The van der Waals surface area contributed by atoms with E-state index in [0.717, 1.165) is 5.56 Å². The number of rotatable bonds is 6. The molecule has 0 aliphatic carbocycles. The van der Waals surface area contributed by atoms with Crippen molar-refractivity contribution >= 4 is 11.6 Å². The van der Waals surface area contributed by atoms with E-state index in [1.165, 1.54) is 0 Å². The van der Waals surface area contributed by atoms with E-state index in [4.69, 9.17) is 22.4 Å². The first-order valence-corrected chi connectivity index (χ1v) is 5.55. The van der Waals surface area contributed by atoms with E-state index in [1.807, 2.05) is 12.1 Å². The fourth-order valence-corrected chi connectivity index (χ4v) is 1.46. The third-order valence-electron chi connectivity index (χ3n) is 2.18. The number of nitriles is 1. The molecule has 0 saturated heterocycles. The summed E-state index contributed by atoms with van der Waals surface area (Å²) >= 11 is 5.77. The highest BCUT2D eigenvalue weighted by Gasteiger charge is 2.08. The summed E-state index contributed by atoms with van der Waals surface area (Å²) < 4.78 is 0. The normalized spacial score (nSPS) is 11.3. The lowest BCUT2D eigenvalue weighted by molar-refractivity contribution is 0.607. The molecular weight excluding hydrogens is 238 g/mol. The second kappa shape index (κ2) is 7.53. The molecular formula is C11H12ClN5. The van der Waals surface area contributed by atoms with Crippen LogP contribution in [-0.2, 0) is 0 Å². The van der Waals surface area contributed by atoms with Crippen LogP contribution in [-0.4, -0.2) is 13.1 Å². The summed E-state index contributed by atoms with van der Waals surface area (Å²) in [6.07, 6.45) is 0.704. The predicted molar refractivity (Wildman–Crippen MR) is 66.4 cm³/mol. The highest BCUT2D eigenvalue weighted by atomic mass is 35.5. The number of benzene rings is 1. The molecule has 6 heteroatoms. The van der Waals surface area contributed by atoms with Gasteiger partial charge in [-0.05, 0) is 36.2 Å². The van der Waals surface area contributed by atoms with Gasteiger partial charge in [-0.25, -0.2) is 0 Å². The molecule has 0 aromatic heterocycles. The number of halogens is 1. The summed E-state index contributed by atoms with van der Waals surface area (Å²) in [5.74, 6) is 0. The highest BCUT2D eigenvalue weighted by Crippen LogP contribution is 2.15. The number of hydrogen-bond acceptors (Lipinski definition) is 3. The minimum atomic E-state index is -0.363. The molecule has 1 rings (SSSR count). The van der Waals surface area contributed by atoms with Gasteiger partial charge in [0, 0.05) is 16.5 Å². The molecule has 0 aliphatic rings. The van der Waals surface area contributed by atoms with Crippen LogP contribution >= 0.6 is 11.6 Å². The zero-order valence-electron chi connectivity index (χ0n) is 9.17. The summed E-state index contributed by atoms with van der Waals surface area (Å²) in [5, 5.41) is 16.2. The quantitative estimate of drug-likeness (QED) is 0.363. The summed E-state index contributed by atoms with van der Waals surface area (Å²) in [5.41, 5.74) is 8.97. The standard InChI is InChI=1S/C11H12ClN5/c12-10-4-2-9(3-5-10)11(8-13)15-6-1-7-16-17-14/h2-5,11,15H,1,6-7H2. The van der Waals surface area contributed by atoms with Crippen molar-refractivity contribution in [2.24, 2.45) is 5.11 Å². The highest BCUT2D eigenvalue weighted by molar-refractivity contribution is 6.30. The second-order valence-electron chi connectivity index (χ2n) is 3.38. The molecule has 17 heavy (non-hydrogen) atoms. The molecule has 0 aliphatic heterocycles. The molecule has 0 spiro atoms. The van der Waals surface area contributed by atoms with E-state index in [-0.39, 0.29) is 6.04 Å². The summed E-state index contributed by atoms with van der Waals surface area (Å²) in [6, 6.07) is 8.95. The van der Waals surface area contributed by atoms with Crippen LogP contribution in [0.25, 0.3) is 10.4 Å².